The van der Waals surface area contributed by atoms with Gasteiger partial charge < -0.3 is 19.4 Å². The molecule has 3 aromatic rings. The molecule has 1 saturated heterocycles. The van der Waals surface area contributed by atoms with Gasteiger partial charge in [-0.2, -0.15) is 0 Å². The molecule has 2 aromatic heterocycles. The molecule has 1 fully saturated rings. The Morgan fingerprint density at radius 2 is 1.94 bits per heavy atom. The summed E-state index contributed by atoms with van der Waals surface area (Å²) in [6, 6.07) is 5.98. The van der Waals surface area contributed by atoms with Crippen LogP contribution in [0.1, 0.15) is 17.5 Å². The van der Waals surface area contributed by atoms with Crippen molar-refractivity contribution in [1.82, 2.24) is 14.5 Å². The summed E-state index contributed by atoms with van der Waals surface area (Å²) >= 11 is 0. The molecule has 0 aliphatic carbocycles. The van der Waals surface area contributed by atoms with E-state index in [4.69, 9.17) is 0 Å². The van der Waals surface area contributed by atoms with Crippen LogP contribution in [-0.2, 0) is 36.2 Å². The van der Waals surface area contributed by atoms with Gasteiger partial charge in [0.25, 0.3) is 5.56 Å². The average Bonchev–Trinajstić information content (AvgIpc) is 3.28. The topological polar surface area (TPSA) is 76.3 Å². The van der Waals surface area contributed by atoms with Crippen LogP contribution in [0.2, 0.25) is 0 Å². The maximum atomic E-state index is 12.9. The predicted molar refractivity (Wildman–Crippen MR) is 124 cm³/mol. The van der Waals surface area contributed by atoms with Crippen molar-refractivity contribution in [3.8, 4) is 11.1 Å². The molecule has 1 N–H and O–H groups in total. The SMILES string of the molecule is Cn1cc2c3c(cn(C)c3c1=O)CN(CC1CCNC1)c1ccc(CS(C)(=O)=O)cc1-2. The number of rotatable bonds is 4. The smallest absolute Gasteiger partial charge is 0.274 e. The van der Waals surface area contributed by atoms with Gasteiger partial charge in [-0.15, -0.1) is 0 Å². The molecule has 164 valence electrons. The van der Waals surface area contributed by atoms with E-state index in [0.717, 1.165) is 65.9 Å². The Morgan fingerprint density at radius 1 is 1.13 bits per heavy atom. The molecule has 0 saturated carbocycles. The fourth-order valence-electron chi connectivity index (χ4n) is 5.16. The maximum Gasteiger partial charge on any atom is 0.274 e. The number of nitrogens with one attached hydrogen (secondary N) is 1. The van der Waals surface area contributed by atoms with Crippen LogP contribution in [0.4, 0.5) is 5.69 Å². The van der Waals surface area contributed by atoms with Crippen molar-refractivity contribution in [3.05, 3.63) is 52.1 Å². The molecule has 4 heterocycles. The van der Waals surface area contributed by atoms with Crippen LogP contribution >= 0.6 is 0 Å². The van der Waals surface area contributed by atoms with E-state index in [1.807, 2.05) is 29.9 Å². The van der Waals surface area contributed by atoms with E-state index in [1.165, 1.54) is 6.26 Å². The summed E-state index contributed by atoms with van der Waals surface area (Å²) in [6.45, 7) is 3.71. The highest BCUT2D eigenvalue weighted by atomic mass is 32.2. The summed E-state index contributed by atoms with van der Waals surface area (Å²) in [4.78, 5) is 15.3. The third-order valence-corrected chi connectivity index (χ3v) is 7.36. The Labute approximate surface area is 182 Å². The molecule has 1 aromatic carbocycles. The number of nitrogens with zero attached hydrogens (tertiary/aromatic N) is 3. The molecule has 2 aliphatic rings. The number of sulfone groups is 1. The van der Waals surface area contributed by atoms with Gasteiger partial charge in [-0.1, -0.05) is 6.07 Å². The third kappa shape index (κ3) is 3.57. The van der Waals surface area contributed by atoms with Gasteiger partial charge in [0, 0.05) is 68.0 Å². The Hall–Kier alpha value is -2.58. The molecule has 8 heteroatoms. The zero-order valence-corrected chi connectivity index (χ0v) is 19.0. The van der Waals surface area contributed by atoms with E-state index in [0.29, 0.717) is 11.4 Å². The molecule has 0 radical (unpaired) electrons. The zero-order chi connectivity index (χ0) is 21.9. The molecular formula is C23H28N4O3S. The molecule has 7 nitrogen and oxygen atoms in total. The molecule has 0 amide bonds. The molecule has 0 bridgehead atoms. The summed E-state index contributed by atoms with van der Waals surface area (Å²) in [5.74, 6) is 0.568. The van der Waals surface area contributed by atoms with Crippen LogP contribution in [-0.4, -0.2) is 43.4 Å². The van der Waals surface area contributed by atoms with E-state index < -0.39 is 9.84 Å². The van der Waals surface area contributed by atoms with E-state index >= 15 is 0 Å². The number of benzene rings is 1. The van der Waals surface area contributed by atoms with Gasteiger partial charge in [0.2, 0.25) is 0 Å². The minimum atomic E-state index is -3.15. The molecule has 31 heavy (non-hydrogen) atoms. The number of aryl methyl sites for hydroxylation is 2. The van der Waals surface area contributed by atoms with Crippen molar-refractivity contribution >= 4 is 26.4 Å². The van der Waals surface area contributed by atoms with Crippen LogP contribution in [0.15, 0.2) is 35.4 Å². The Kier molecular flexibility index (Phi) is 4.75. The lowest BCUT2D eigenvalue weighted by atomic mass is 9.99. The number of fused-ring (bicyclic) bond motifs is 2. The number of pyridine rings is 1. The largest absolute Gasteiger partial charge is 0.366 e. The van der Waals surface area contributed by atoms with Crippen LogP contribution in [0, 0.1) is 5.92 Å². The van der Waals surface area contributed by atoms with Gasteiger partial charge >= 0.3 is 0 Å². The highest BCUT2D eigenvalue weighted by molar-refractivity contribution is 7.89. The lowest BCUT2D eigenvalue weighted by Crippen LogP contribution is -2.30. The predicted octanol–water partition coefficient (Wildman–Crippen LogP) is 2.02. The number of anilines is 1. The minimum Gasteiger partial charge on any atom is -0.366 e. The summed E-state index contributed by atoms with van der Waals surface area (Å²) in [5.41, 5.74) is 5.67. The van der Waals surface area contributed by atoms with Crippen molar-refractivity contribution < 1.29 is 8.42 Å². The van der Waals surface area contributed by atoms with Crippen LogP contribution < -0.4 is 15.8 Å². The molecule has 2 aliphatic heterocycles. The molecule has 5 rings (SSSR count). The van der Waals surface area contributed by atoms with Gasteiger partial charge in [0.05, 0.1) is 5.75 Å². The van der Waals surface area contributed by atoms with Gasteiger partial charge in [0.15, 0.2) is 9.84 Å². The molecule has 0 spiro atoms. The van der Waals surface area contributed by atoms with Crippen LogP contribution in [0.5, 0.6) is 0 Å². The lowest BCUT2D eigenvalue weighted by molar-refractivity contribution is 0.559. The van der Waals surface area contributed by atoms with E-state index in [2.05, 4.69) is 22.5 Å². The van der Waals surface area contributed by atoms with E-state index in [9.17, 15) is 13.2 Å². The summed E-state index contributed by atoms with van der Waals surface area (Å²) in [7, 11) is 0.548. The van der Waals surface area contributed by atoms with Crippen LogP contribution in [0.3, 0.4) is 0 Å². The lowest BCUT2D eigenvalue weighted by Gasteiger charge is -2.28. The first-order valence-corrected chi connectivity index (χ1v) is 12.7. The van der Waals surface area contributed by atoms with E-state index in [1.54, 1.807) is 11.6 Å². The first kappa shape index (κ1) is 20.3. The Bertz CT molecular complexity index is 1350. The molecule has 1 atom stereocenters. The summed E-state index contributed by atoms with van der Waals surface area (Å²) in [5, 5.41) is 4.43. The summed E-state index contributed by atoms with van der Waals surface area (Å²) in [6.07, 6.45) is 6.38. The highest BCUT2D eigenvalue weighted by Crippen LogP contribution is 2.42. The third-order valence-electron chi connectivity index (χ3n) is 6.50. The second-order valence-corrected chi connectivity index (χ2v) is 11.2. The second kappa shape index (κ2) is 7.24. The van der Waals surface area contributed by atoms with Crippen molar-refractivity contribution in [2.45, 2.75) is 18.7 Å². The monoisotopic (exact) mass is 440 g/mol. The van der Waals surface area contributed by atoms with Gasteiger partial charge in [-0.3, -0.25) is 4.79 Å². The van der Waals surface area contributed by atoms with Crippen molar-refractivity contribution in [2.24, 2.45) is 20.0 Å². The normalized spacial score (nSPS) is 18.4. The first-order valence-electron chi connectivity index (χ1n) is 10.7. The van der Waals surface area contributed by atoms with Gasteiger partial charge in [0.1, 0.15) is 5.52 Å². The van der Waals surface area contributed by atoms with Gasteiger partial charge in [-0.25, -0.2) is 8.42 Å². The van der Waals surface area contributed by atoms with Crippen molar-refractivity contribution in [3.63, 3.8) is 0 Å². The quantitative estimate of drug-likeness (QED) is 0.672. The summed E-state index contributed by atoms with van der Waals surface area (Å²) < 4.78 is 27.5. The van der Waals surface area contributed by atoms with Crippen molar-refractivity contribution in [1.29, 1.82) is 0 Å². The molecular weight excluding hydrogens is 412 g/mol. The Balaban J connectivity index is 1.76. The first-order chi connectivity index (χ1) is 14.7. The maximum absolute atomic E-state index is 12.9. The number of hydrogen-bond donors (Lipinski definition) is 1. The average molecular weight is 441 g/mol. The highest BCUT2D eigenvalue weighted by Gasteiger charge is 2.28. The number of aromatic nitrogens is 2. The zero-order valence-electron chi connectivity index (χ0n) is 18.2. The molecule has 1 unspecified atom stereocenters. The van der Waals surface area contributed by atoms with Gasteiger partial charge in [-0.05, 0) is 48.7 Å². The minimum absolute atomic E-state index is 0.00335. The van der Waals surface area contributed by atoms with Crippen molar-refractivity contribution in [2.75, 3.05) is 30.8 Å². The fourth-order valence-corrected chi connectivity index (χ4v) is 5.95. The number of hydrogen-bond acceptors (Lipinski definition) is 5. The van der Waals surface area contributed by atoms with Crippen LogP contribution in [0.25, 0.3) is 22.0 Å². The fraction of sp³-hybridized carbons (Fsp3) is 0.435. The standard InChI is InChI=1S/C23H28N4O3S/c1-25-11-17-12-27(10-16-6-7-24-9-16)20-5-4-15(14-31(3,29)30)8-18(20)19-13-26(2)23(28)22(25)21(17)19/h4-5,8,11,13,16,24H,6-7,9-10,12,14H2,1-3H3. The van der Waals surface area contributed by atoms with E-state index in [-0.39, 0.29) is 11.3 Å². The Morgan fingerprint density at radius 3 is 2.65 bits per heavy atom. The second-order valence-electron chi connectivity index (χ2n) is 9.11.